The molecule has 0 saturated carbocycles. The number of hydrogen-bond donors (Lipinski definition) is 4. The average Bonchev–Trinajstić information content (AvgIpc) is 2.63. The number of phenolic OH excluding ortho intramolecular Hbond substituents is 2. The number of carbonyl (C=O) groups is 3. The van der Waals surface area contributed by atoms with E-state index in [9.17, 15) is 29.7 Å². The van der Waals surface area contributed by atoms with Gasteiger partial charge in [-0.05, 0) is 41.8 Å². The lowest BCUT2D eigenvalue weighted by Gasteiger charge is -2.24. The Hall–Kier alpha value is -3.55. The van der Waals surface area contributed by atoms with Gasteiger partial charge in [0.1, 0.15) is 17.5 Å². The molecule has 0 spiro atoms. The Bertz CT molecular complexity index is 833. The standard InChI is InChI=1S/C20H22N2O6/c1-12(23)21-17(10-13-2-6-15(24)7-3-13)19(26)22-18(20(27)28)11-14-4-8-16(25)9-5-14/h2-9,17-18,24-25H,10-11H2,1H3,(H,21,23)(H,22,26)(H,27,28)/p-1/t17-,18-/m0/s1. The number of carbonyl (C=O) groups excluding carboxylic acids is 3. The molecule has 8 nitrogen and oxygen atoms in total. The van der Waals surface area contributed by atoms with Gasteiger partial charge in [-0.2, -0.15) is 0 Å². The molecule has 0 bridgehead atoms. The Balaban J connectivity index is 2.11. The van der Waals surface area contributed by atoms with Crippen molar-refractivity contribution in [1.82, 2.24) is 10.6 Å². The van der Waals surface area contributed by atoms with Crippen LogP contribution in [0.25, 0.3) is 0 Å². The van der Waals surface area contributed by atoms with Gasteiger partial charge in [0.15, 0.2) is 0 Å². The Labute approximate surface area is 161 Å². The van der Waals surface area contributed by atoms with Gasteiger partial charge in [-0.3, -0.25) is 9.59 Å². The molecule has 0 aliphatic heterocycles. The molecule has 2 atom stereocenters. The number of hydrogen-bond acceptors (Lipinski definition) is 6. The number of aliphatic carboxylic acids is 1. The molecule has 0 aliphatic rings. The Kier molecular flexibility index (Phi) is 6.97. The number of aromatic hydroxyl groups is 2. The highest BCUT2D eigenvalue weighted by Gasteiger charge is 2.23. The second-order valence-electron chi connectivity index (χ2n) is 6.37. The minimum atomic E-state index is -1.47. The average molecular weight is 385 g/mol. The molecule has 2 aromatic rings. The lowest BCUT2D eigenvalue weighted by molar-refractivity contribution is -0.308. The van der Waals surface area contributed by atoms with Gasteiger partial charge in [-0.1, -0.05) is 24.3 Å². The van der Waals surface area contributed by atoms with Crippen molar-refractivity contribution in [2.24, 2.45) is 0 Å². The number of carboxylic acids is 1. The Morgan fingerprint density at radius 2 is 1.25 bits per heavy atom. The van der Waals surface area contributed by atoms with Crippen LogP contribution in [0.5, 0.6) is 11.5 Å². The minimum absolute atomic E-state index is 0.0393. The monoisotopic (exact) mass is 385 g/mol. The normalized spacial score (nSPS) is 12.6. The van der Waals surface area contributed by atoms with Crippen molar-refractivity contribution in [3.05, 3.63) is 59.7 Å². The first kappa shape index (κ1) is 20.8. The highest BCUT2D eigenvalue weighted by Crippen LogP contribution is 2.13. The molecule has 0 aromatic heterocycles. The quantitative estimate of drug-likeness (QED) is 0.489. The van der Waals surface area contributed by atoms with Gasteiger partial charge in [0, 0.05) is 13.3 Å². The van der Waals surface area contributed by atoms with Crippen LogP contribution >= 0.6 is 0 Å². The van der Waals surface area contributed by atoms with Crippen LogP contribution in [0.1, 0.15) is 18.1 Å². The van der Waals surface area contributed by atoms with E-state index in [4.69, 9.17) is 0 Å². The minimum Gasteiger partial charge on any atom is -0.548 e. The van der Waals surface area contributed by atoms with Crippen LogP contribution in [0.4, 0.5) is 0 Å². The number of carboxylic acid groups (broad SMARTS) is 1. The molecule has 2 aromatic carbocycles. The zero-order valence-electron chi connectivity index (χ0n) is 15.2. The van der Waals surface area contributed by atoms with E-state index < -0.39 is 29.9 Å². The molecule has 0 heterocycles. The first-order valence-electron chi connectivity index (χ1n) is 8.58. The van der Waals surface area contributed by atoms with Crippen molar-refractivity contribution in [1.29, 1.82) is 0 Å². The molecule has 0 aliphatic carbocycles. The van der Waals surface area contributed by atoms with Crippen LogP contribution in [0.2, 0.25) is 0 Å². The molecule has 2 amide bonds. The molecule has 28 heavy (non-hydrogen) atoms. The lowest BCUT2D eigenvalue weighted by Crippen LogP contribution is -2.55. The van der Waals surface area contributed by atoms with Gasteiger partial charge in [-0.15, -0.1) is 0 Å². The van der Waals surface area contributed by atoms with Gasteiger partial charge < -0.3 is 30.7 Å². The maximum absolute atomic E-state index is 12.6. The van der Waals surface area contributed by atoms with Crippen LogP contribution in [0.15, 0.2) is 48.5 Å². The molecular weight excluding hydrogens is 364 g/mol. The van der Waals surface area contributed by atoms with E-state index in [0.717, 1.165) is 0 Å². The maximum atomic E-state index is 12.6. The number of rotatable bonds is 8. The zero-order valence-corrected chi connectivity index (χ0v) is 15.2. The van der Waals surface area contributed by atoms with E-state index in [1.54, 1.807) is 24.3 Å². The molecule has 148 valence electrons. The van der Waals surface area contributed by atoms with Crippen LogP contribution in [0, 0.1) is 0 Å². The SMILES string of the molecule is CC(=O)N[C@@H](Cc1ccc(O)cc1)C(=O)N[C@@H](Cc1ccc(O)cc1)C(=O)[O-]. The van der Waals surface area contributed by atoms with Crippen LogP contribution in [-0.4, -0.2) is 40.1 Å². The van der Waals surface area contributed by atoms with Crippen molar-refractivity contribution in [3.8, 4) is 11.5 Å². The molecule has 8 heteroatoms. The van der Waals surface area contributed by atoms with Crippen molar-refractivity contribution < 1.29 is 29.7 Å². The fraction of sp³-hybridized carbons (Fsp3) is 0.250. The van der Waals surface area contributed by atoms with Crippen LogP contribution in [0.3, 0.4) is 0 Å². The van der Waals surface area contributed by atoms with Gasteiger partial charge in [0.25, 0.3) is 0 Å². The zero-order chi connectivity index (χ0) is 20.7. The van der Waals surface area contributed by atoms with E-state index in [-0.39, 0.29) is 24.3 Å². The summed E-state index contributed by atoms with van der Waals surface area (Å²) < 4.78 is 0. The molecule has 0 radical (unpaired) electrons. The summed E-state index contributed by atoms with van der Waals surface area (Å²) in [7, 11) is 0. The van der Waals surface area contributed by atoms with Crippen LogP contribution < -0.4 is 15.7 Å². The molecule has 0 fully saturated rings. The highest BCUT2D eigenvalue weighted by molar-refractivity contribution is 5.90. The number of nitrogens with one attached hydrogen (secondary N) is 2. The largest absolute Gasteiger partial charge is 0.548 e. The van der Waals surface area contributed by atoms with Gasteiger partial charge in [0.05, 0.1) is 12.0 Å². The number of phenols is 2. The summed E-state index contributed by atoms with van der Waals surface area (Å²) in [6.45, 7) is 1.25. The Morgan fingerprint density at radius 1 is 0.821 bits per heavy atom. The second-order valence-corrected chi connectivity index (χ2v) is 6.37. The summed E-state index contributed by atoms with van der Waals surface area (Å²) in [6, 6.07) is 9.70. The van der Waals surface area contributed by atoms with Gasteiger partial charge >= 0.3 is 0 Å². The predicted octanol–water partition coefficient (Wildman–Crippen LogP) is -0.378. The number of amides is 2. The van der Waals surface area contributed by atoms with Crippen molar-refractivity contribution in [2.45, 2.75) is 31.8 Å². The fourth-order valence-corrected chi connectivity index (χ4v) is 2.66. The van der Waals surface area contributed by atoms with Crippen molar-refractivity contribution in [3.63, 3.8) is 0 Å². The highest BCUT2D eigenvalue weighted by atomic mass is 16.4. The summed E-state index contributed by atoms with van der Waals surface area (Å²) in [5, 5.41) is 35.0. The first-order valence-corrected chi connectivity index (χ1v) is 8.58. The van der Waals surface area contributed by atoms with E-state index in [1.807, 2.05) is 0 Å². The summed E-state index contributed by atoms with van der Waals surface area (Å²) in [4.78, 5) is 35.5. The van der Waals surface area contributed by atoms with Crippen LogP contribution in [-0.2, 0) is 27.2 Å². The maximum Gasteiger partial charge on any atom is 0.243 e. The van der Waals surface area contributed by atoms with E-state index in [0.29, 0.717) is 11.1 Å². The molecule has 0 saturated heterocycles. The lowest BCUT2D eigenvalue weighted by atomic mass is 10.0. The summed E-state index contributed by atoms with van der Waals surface area (Å²) in [6.07, 6.45) is 0.0744. The number of benzene rings is 2. The third-order valence-corrected chi connectivity index (χ3v) is 4.05. The third-order valence-electron chi connectivity index (χ3n) is 4.05. The van der Waals surface area contributed by atoms with E-state index >= 15 is 0 Å². The molecule has 0 unspecified atom stereocenters. The van der Waals surface area contributed by atoms with Crippen molar-refractivity contribution in [2.75, 3.05) is 0 Å². The van der Waals surface area contributed by atoms with E-state index in [1.165, 1.54) is 31.2 Å². The summed E-state index contributed by atoms with van der Waals surface area (Å²) in [5.41, 5.74) is 1.26. The van der Waals surface area contributed by atoms with Gasteiger partial charge in [-0.25, -0.2) is 0 Å². The second kappa shape index (κ2) is 9.40. The molecular formula is C20H21N2O6-. The van der Waals surface area contributed by atoms with E-state index in [2.05, 4.69) is 10.6 Å². The summed E-state index contributed by atoms with van der Waals surface area (Å²) in [5.74, 6) is -2.47. The summed E-state index contributed by atoms with van der Waals surface area (Å²) >= 11 is 0. The molecule has 2 rings (SSSR count). The smallest absolute Gasteiger partial charge is 0.243 e. The third kappa shape index (κ3) is 6.31. The Morgan fingerprint density at radius 3 is 1.64 bits per heavy atom. The topological polar surface area (TPSA) is 139 Å². The molecule has 4 N–H and O–H groups in total. The first-order chi connectivity index (χ1) is 13.2. The van der Waals surface area contributed by atoms with Gasteiger partial charge in [0.2, 0.25) is 11.8 Å². The fourth-order valence-electron chi connectivity index (χ4n) is 2.66. The predicted molar refractivity (Wildman–Crippen MR) is 98.2 cm³/mol. The van der Waals surface area contributed by atoms with Crippen molar-refractivity contribution >= 4 is 17.8 Å².